The Kier molecular flexibility index (Phi) is 18.9. The monoisotopic (exact) mass is 1120 g/mol. The van der Waals surface area contributed by atoms with Crippen LogP contribution < -0.4 is 19.1 Å². The lowest BCUT2D eigenvalue weighted by Crippen LogP contribution is -2.63. The van der Waals surface area contributed by atoms with Gasteiger partial charge in [0.2, 0.25) is 12.4 Å². The maximum Gasteiger partial charge on any atom is 0.415 e. The van der Waals surface area contributed by atoms with E-state index in [1.54, 1.807) is 17.0 Å². The first-order valence-corrected chi connectivity index (χ1v) is 25.4. The predicted molar refractivity (Wildman–Crippen MR) is 283 cm³/mol. The molecule has 1 N–H and O–H groups in total. The summed E-state index contributed by atoms with van der Waals surface area (Å²) in [6.45, 7) is 6.51. The average Bonchev–Trinajstić information content (AvgIpc) is 4.11. The van der Waals surface area contributed by atoms with Gasteiger partial charge in [-0.15, -0.1) is 11.6 Å². The highest BCUT2D eigenvalue weighted by Crippen LogP contribution is 2.48. The highest BCUT2D eigenvalue weighted by Gasteiger charge is 2.54. The molecule has 1 fully saturated rings. The van der Waals surface area contributed by atoms with Crippen LogP contribution in [-0.4, -0.2) is 170 Å². The number of halogens is 1. The Bertz CT molecular complexity index is 3130. The van der Waals surface area contributed by atoms with Gasteiger partial charge < -0.3 is 67.2 Å². The fourth-order valence-electron chi connectivity index (χ4n) is 9.02. The molecule has 0 spiro atoms. The minimum Gasteiger partial charge on any atom is -0.492 e. The van der Waals surface area contributed by atoms with Crippen LogP contribution in [-0.2, 0) is 54.2 Å². The molecule has 0 radical (unpaired) electrons. The van der Waals surface area contributed by atoms with E-state index >= 15 is 0 Å². The molecule has 3 heterocycles. The lowest BCUT2D eigenvalue weighted by molar-refractivity contribution is -0.387. The molecule has 0 saturated carbocycles. The third-order valence-electron chi connectivity index (χ3n) is 12.9. The second-order valence-electron chi connectivity index (χ2n) is 19.1. The molecule has 7 rings (SSSR count). The summed E-state index contributed by atoms with van der Waals surface area (Å²) in [7, 11) is 6.83. The molecule has 79 heavy (non-hydrogen) atoms. The Morgan fingerprint density at radius 2 is 1.43 bits per heavy atom. The summed E-state index contributed by atoms with van der Waals surface area (Å²) in [6, 6.07) is 20.0. The quantitative estimate of drug-likeness (QED) is 0.0279. The molecule has 5 aromatic rings. The third-order valence-corrected chi connectivity index (χ3v) is 13.2. The average molecular weight is 1120 g/mol. The fraction of sp³-hybridized carbons (Fsp3) is 0.426. The number of nitrogens with zero attached hydrogens (tertiary/aromatic N) is 5. The first kappa shape index (κ1) is 58.5. The van der Waals surface area contributed by atoms with Gasteiger partial charge in [0, 0.05) is 108 Å². The van der Waals surface area contributed by atoms with Gasteiger partial charge in [-0.2, -0.15) is 0 Å². The number of fused-ring (bicyclic) bond motifs is 4. The van der Waals surface area contributed by atoms with Crippen molar-refractivity contribution in [2.24, 2.45) is 0 Å². The molecule has 422 valence electrons. The topological polar surface area (TPSA) is 274 Å². The number of hydrogen-bond acceptors (Lipinski definition) is 19. The maximum absolute atomic E-state index is 14.4. The van der Waals surface area contributed by atoms with Gasteiger partial charge >= 0.3 is 41.8 Å². The number of ether oxygens (including phenoxy) is 9. The van der Waals surface area contributed by atoms with Gasteiger partial charge in [-0.1, -0.05) is 30.3 Å². The van der Waals surface area contributed by atoms with Gasteiger partial charge in [0.25, 0.3) is 5.91 Å². The van der Waals surface area contributed by atoms with Crippen molar-refractivity contribution in [3.8, 4) is 17.2 Å². The van der Waals surface area contributed by atoms with Crippen molar-refractivity contribution < 1.29 is 81.1 Å². The van der Waals surface area contributed by atoms with Crippen LogP contribution in [0.1, 0.15) is 62.2 Å². The summed E-state index contributed by atoms with van der Waals surface area (Å²) >= 11 is 6.82. The summed E-state index contributed by atoms with van der Waals surface area (Å²) in [6.07, 6.45) is -9.51. The number of alkyl halides is 1. The van der Waals surface area contributed by atoms with E-state index in [4.69, 9.17) is 54.2 Å². The number of benzene rings is 4. The molecule has 4 aromatic carbocycles. The van der Waals surface area contributed by atoms with Crippen molar-refractivity contribution in [2.75, 3.05) is 72.5 Å². The van der Waals surface area contributed by atoms with Crippen LogP contribution in [0.25, 0.3) is 21.7 Å². The van der Waals surface area contributed by atoms with Gasteiger partial charge in [-0.25, -0.2) is 9.59 Å². The number of nitrogens with one attached hydrogen (secondary N) is 1. The van der Waals surface area contributed by atoms with E-state index in [9.17, 15) is 43.7 Å². The molecule has 0 bridgehead atoms. The number of amides is 3. The fourth-order valence-corrected chi connectivity index (χ4v) is 9.23. The third kappa shape index (κ3) is 14.3. The van der Waals surface area contributed by atoms with Gasteiger partial charge in [-0.05, 0) is 67.9 Å². The Labute approximate surface area is 458 Å². The Morgan fingerprint density at radius 3 is 2.08 bits per heavy atom. The van der Waals surface area contributed by atoms with E-state index in [1.807, 2.05) is 68.4 Å². The molecule has 0 unspecified atom stereocenters. The van der Waals surface area contributed by atoms with E-state index < -0.39 is 96.3 Å². The minimum atomic E-state index is -1.76. The lowest BCUT2D eigenvalue weighted by atomic mass is 9.92. The summed E-state index contributed by atoms with van der Waals surface area (Å²) in [5.74, 6) is -3.53. The number of likely N-dealkylation sites (N-methyl/N-ethyl adjacent to an activating group) is 3. The second-order valence-corrected chi connectivity index (χ2v) is 19.8. The van der Waals surface area contributed by atoms with Crippen LogP contribution in [0.4, 0.5) is 21.0 Å². The Hall–Kier alpha value is -8.22. The number of carbonyl (C=O) groups is 7. The first-order chi connectivity index (χ1) is 37.5. The molecule has 2 aliphatic heterocycles. The molecule has 1 aromatic heterocycles. The van der Waals surface area contributed by atoms with Crippen LogP contribution in [0, 0.1) is 10.1 Å². The number of anilines is 1. The first-order valence-electron chi connectivity index (χ1n) is 25.0. The molecule has 25 heteroatoms. The smallest absolute Gasteiger partial charge is 0.415 e. The van der Waals surface area contributed by atoms with Crippen molar-refractivity contribution in [1.29, 1.82) is 0 Å². The Balaban J connectivity index is 1.01. The molecule has 1 saturated heterocycles. The standard InChI is InChI=1S/C54H61ClN6O18/c1-29(55)39-26-60(51(66)41-24-35-23-36(15-16-40(35)56-41)71-21-20-57(6)7)43-25-45(37-12-10-11-13-38(37)47(39)43)79-54(68)59(9)19-18-58(8)53(67)73-27-34-14-17-44(42(22-34)61(69)70)77-52-50(76-33(5)65)49(75-32(4)64)48(74-31(3)63)46(78-52)28-72-30(2)62/h10-17,22-25,29,39,46,48-50,52,56H,18-21,26-28H2,1-9H3/t29-,39+,46-,48+,49+,50-,52-/m1/s1. The summed E-state index contributed by atoms with van der Waals surface area (Å²) in [4.78, 5) is 111. The van der Waals surface area contributed by atoms with E-state index in [-0.39, 0.29) is 48.1 Å². The number of H-pyrrole nitrogens is 1. The van der Waals surface area contributed by atoms with E-state index in [2.05, 4.69) is 4.98 Å². The van der Waals surface area contributed by atoms with Crippen molar-refractivity contribution >= 4 is 86.6 Å². The molecule has 2 aliphatic rings. The van der Waals surface area contributed by atoms with Gasteiger partial charge in [0.15, 0.2) is 18.0 Å². The number of nitro groups is 1. The van der Waals surface area contributed by atoms with E-state index in [0.29, 0.717) is 29.1 Å². The summed E-state index contributed by atoms with van der Waals surface area (Å²) < 4.78 is 50.5. The number of aromatic nitrogens is 1. The minimum absolute atomic E-state index is 0.0245. The Morgan fingerprint density at radius 1 is 0.772 bits per heavy atom. The van der Waals surface area contributed by atoms with Gasteiger partial charge in [0.05, 0.1) is 10.6 Å². The lowest BCUT2D eigenvalue weighted by Gasteiger charge is -2.43. The second kappa shape index (κ2) is 25.5. The van der Waals surface area contributed by atoms with Crippen LogP contribution in [0.15, 0.2) is 72.8 Å². The molecule has 24 nitrogen and oxygen atoms in total. The van der Waals surface area contributed by atoms with Crippen molar-refractivity contribution in [3.05, 3.63) is 99.7 Å². The number of nitro benzene ring substituents is 1. The normalized spacial score (nSPS) is 18.9. The highest BCUT2D eigenvalue weighted by molar-refractivity contribution is 6.22. The zero-order chi connectivity index (χ0) is 57.4. The highest BCUT2D eigenvalue weighted by atomic mass is 35.5. The molecule has 7 atom stereocenters. The van der Waals surface area contributed by atoms with E-state index in [1.165, 1.54) is 36.0 Å². The maximum atomic E-state index is 14.4. The molecule has 3 amide bonds. The molecule has 0 aliphatic carbocycles. The van der Waals surface area contributed by atoms with Crippen LogP contribution >= 0.6 is 11.6 Å². The van der Waals surface area contributed by atoms with E-state index in [0.717, 1.165) is 62.2 Å². The number of hydrogen-bond donors (Lipinski definition) is 1. The van der Waals surface area contributed by atoms with Crippen LogP contribution in [0.2, 0.25) is 0 Å². The number of esters is 4. The van der Waals surface area contributed by atoms with Gasteiger partial charge in [0.1, 0.15) is 43.1 Å². The SMILES string of the molecule is CC(=O)OC[C@H]1O[C@@H](Oc2ccc(COC(=O)N(C)CCN(C)C(=O)Oc3cc4c(c5ccccc35)[C@H]([C@@H](C)Cl)CN4C(=O)c3cc4cc(OCCN(C)C)ccc4[nH]3)cc2[N+](=O)[O-])[C@H](OC(C)=O)[C@@H](OC(C)=O)[C@H]1OC(C)=O. The predicted octanol–water partition coefficient (Wildman–Crippen LogP) is 6.70. The van der Waals surface area contributed by atoms with Gasteiger partial charge in [-0.3, -0.25) is 34.1 Å². The van der Waals surface area contributed by atoms with Crippen LogP contribution in [0.5, 0.6) is 17.2 Å². The number of rotatable bonds is 20. The number of carbonyl (C=O) groups excluding carboxylic acids is 7. The summed E-state index contributed by atoms with van der Waals surface area (Å²) in [5.41, 5.74) is 1.98. The summed E-state index contributed by atoms with van der Waals surface area (Å²) in [5, 5.41) is 14.2. The molecular weight excluding hydrogens is 1060 g/mol. The van der Waals surface area contributed by atoms with Crippen molar-refractivity contribution in [2.45, 2.75) is 83.2 Å². The number of aromatic amines is 1. The zero-order valence-electron chi connectivity index (χ0n) is 44.9. The van der Waals surface area contributed by atoms with Crippen LogP contribution in [0.3, 0.4) is 0 Å². The van der Waals surface area contributed by atoms with Crippen molar-refractivity contribution in [1.82, 2.24) is 19.7 Å². The van der Waals surface area contributed by atoms with Crippen molar-refractivity contribution in [3.63, 3.8) is 0 Å². The molecular formula is C54H61ClN6O18. The zero-order valence-corrected chi connectivity index (χ0v) is 45.6. The largest absolute Gasteiger partial charge is 0.492 e.